The number of nitrogens with zero attached hydrogens (tertiary/aromatic N) is 5. The van der Waals surface area contributed by atoms with Crippen LogP contribution in [0, 0.1) is 0 Å². The Morgan fingerprint density at radius 1 is 1.07 bits per heavy atom. The van der Waals surface area contributed by atoms with Gasteiger partial charge in [-0.1, -0.05) is 30.3 Å². The molecule has 3 aromatic rings. The molecular weight excluding hydrogens is 354 g/mol. The van der Waals surface area contributed by atoms with E-state index in [1.807, 2.05) is 36.2 Å². The second-order valence-corrected chi connectivity index (χ2v) is 6.83. The summed E-state index contributed by atoms with van der Waals surface area (Å²) in [7, 11) is 2.03. The summed E-state index contributed by atoms with van der Waals surface area (Å²) in [6.45, 7) is 3.51. The van der Waals surface area contributed by atoms with Crippen LogP contribution in [0.25, 0.3) is 0 Å². The summed E-state index contributed by atoms with van der Waals surface area (Å²) in [6.07, 6.45) is 3.13. The lowest BCUT2D eigenvalue weighted by Gasteiger charge is -2.35. The molecule has 1 amide bonds. The summed E-state index contributed by atoms with van der Waals surface area (Å²) in [5.41, 5.74) is 1.23. The van der Waals surface area contributed by atoms with Crippen molar-refractivity contribution in [1.82, 2.24) is 14.9 Å². The average molecular weight is 377 g/mol. The van der Waals surface area contributed by atoms with Gasteiger partial charge in [-0.3, -0.25) is 4.79 Å². The lowest BCUT2D eigenvalue weighted by molar-refractivity contribution is 0.0714. The summed E-state index contributed by atoms with van der Waals surface area (Å²) < 4.78 is 5.22. The Morgan fingerprint density at radius 2 is 1.86 bits per heavy atom. The molecule has 1 saturated heterocycles. The van der Waals surface area contributed by atoms with Crippen LogP contribution in [0.1, 0.15) is 16.1 Å². The van der Waals surface area contributed by atoms with Crippen LogP contribution in [0.15, 0.2) is 65.5 Å². The maximum absolute atomic E-state index is 12.4. The first-order valence-electron chi connectivity index (χ1n) is 9.35. The molecule has 3 heterocycles. The number of anilines is 2. The summed E-state index contributed by atoms with van der Waals surface area (Å²) in [4.78, 5) is 27.4. The molecule has 7 heteroatoms. The van der Waals surface area contributed by atoms with E-state index in [0.29, 0.717) is 18.8 Å². The normalized spacial score (nSPS) is 14.2. The molecule has 0 aliphatic carbocycles. The van der Waals surface area contributed by atoms with Crippen molar-refractivity contribution in [3.05, 3.63) is 72.4 Å². The molecular formula is C21H23N5O2. The summed E-state index contributed by atoms with van der Waals surface area (Å²) in [5.74, 6) is 2.09. The Morgan fingerprint density at radius 3 is 2.57 bits per heavy atom. The van der Waals surface area contributed by atoms with Crippen LogP contribution in [0.3, 0.4) is 0 Å². The number of furan rings is 1. The van der Waals surface area contributed by atoms with Gasteiger partial charge in [0.15, 0.2) is 5.76 Å². The third kappa shape index (κ3) is 3.98. The van der Waals surface area contributed by atoms with E-state index >= 15 is 0 Å². The van der Waals surface area contributed by atoms with Crippen LogP contribution in [0.4, 0.5) is 11.6 Å². The van der Waals surface area contributed by atoms with Crippen molar-refractivity contribution in [1.29, 1.82) is 0 Å². The average Bonchev–Trinajstić information content (AvgIpc) is 3.29. The van der Waals surface area contributed by atoms with E-state index in [1.165, 1.54) is 11.8 Å². The summed E-state index contributed by atoms with van der Waals surface area (Å²) >= 11 is 0. The van der Waals surface area contributed by atoms with Gasteiger partial charge in [0.05, 0.1) is 6.26 Å². The monoisotopic (exact) mass is 377 g/mol. The van der Waals surface area contributed by atoms with Gasteiger partial charge in [-0.2, -0.15) is 0 Å². The van der Waals surface area contributed by atoms with E-state index in [9.17, 15) is 4.79 Å². The van der Waals surface area contributed by atoms with Gasteiger partial charge >= 0.3 is 0 Å². The second kappa shape index (κ2) is 8.12. The van der Waals surface area contributed by atoms with Gasteiger partial charge in [-0.25, -0.2) is 9.97 Å². The predicted octanol–water partition coefficient (Wildman–Crippen LogP) is 2.67. The maximum Gasteiger partial charge on any atom is 0.289 e. The number of hydrogen-bond acceptors (Lipinski definition) is 6. The van der Waals surface area contributed by atoms with E-state index < -0.39 is 0 Å². The van der Waals surface area contributed by atoms with Crippen LogP contribution in [0.5, 0.6) is 0 Å². The molecule has 0 spiro atoms. The van der Waals surface area contributed by atoms with E-state index in [2.05, 4.69) is 31.9 Å². The van der Waals surface area contributed by atoms with Crippen LogP contribution < -0.4 is 9.80 Å². The minimum atomic E-state index is -0.0596. The number of aromatic nitrogens is 2. The molecule has 0 atom stereocenters. The van der Waals surface area contributed by atoms with Gasteiger partial charge in [-0.05, 0) is 17.7 Å². The molecule has 0 bridgehead atoms. The first-order valence-corrected chi connectivity index (χ1v) is 9.35. The Bertz CT molecular complexity index is 906. The molecule has 2 aromatic heterocycles. The van der Waals surface area contributed by atoms with Crippen molar-refractivity contribution in [2.24, 2.45) is 0 Å². The zero-order valence-corrected chi connectivity index (χ0v) is 15.9. The number of rotatable bonds is 5. The van der Waals surface area contributed by atoms with Crippen LogP contribution in [-0.2, 0) is 6.54 Å². The summed E-state index contributed by atoms with van der Waals surface area (Å²) in [6, 6.07) is 15.7. The van der Waals surface area contributed by atoms with E-state index in [-0.39, 0.29) is 5.91 Å². The Hall–Kier alpha value is -3.35. The third-order valence-corrected chi connectivity index (χ3v) is 4.91. The molecule has 28 heavy (non-hydrogen) atoms. The van der Waals surface area contributed by atoms with Gasteiger partial charge < -0.3 is 19.1 Å². The predicted molar refractivity (Wildman–Crippen MR) is 107 cm³/mol. The molecule has 1 fully saturated rings. The van der Waals surface area contributed by atoms with E-state index in [0.717, 1.165) is 31.3 Å². The van der Waals surface area contributed by atoms with Gasteiger partial charge in [0, 0.05) is 45.8 Å². The lowest BCUT2D eigenvalue weighted by atomic mass is 10.2. The number of hydrogen-bond donors (Lipinski definition) is 0. The molecule has 4 rings (SSSR count). The molecule has 1 aliphatic heterocycles. The Kier molecular flexibility index (Phi) is 5.23. The third-order valence-electron chi connectivity index (χ3n) is 4.91. The SMILES string of the molecule is CN(Cc1ccccc1)c1cc(N2CCN(C(=O)c3ccco3)CC2)ncn1. The van der Waals surface area contributed by atoms with Crippen molar-refractivity contribution in [2.75, 3.05) is 43.0 Å². The van der Waals surface area contributed by atoms with Gasteiger partial charge in [0.25, 0.3) is 5.91 Å². The lowest BCUT2D eigenvalue weighted by Crippen LogP contribution is -2.49. The molecule has 0 unspecified atom stereocenters. The van der Waals surface area contributed by atoms with Crippen LogP contribution in [0.2, 0.25) is 0 Å². The molecule has 0 N–H and O–H groups in total. The van der Waals surface area contributed by atoms with Gasteiger partial charge in [-0.15, -0.1) is 0 Å². The molecule has 7 nitrogen and oxygen atoms in total. The van der Waals surface area contributed by atoms with Gasteiger partial charge in [0.2, 0.25) is 0 Å². The minimum absolute atomic E-state index is 0.0596. The maximum atomic E-state index is 12.4. The molecule has 1 aliphatic rings. The summed E-state index contributed by atoms with van der Waals surface area (Å²) in [5, 5.41) is 0. The first-order chi connectivity index (χ1) is 13.7. The van der Waals surface area contributed by atoms with Crippen molar-refractivity contribution < 1.29 is 9.21 Å². The highest BCUT2D eigenvalue weighted by atomic mass is 16.3. The van der Waals surface area contributed by atoms with Crippen molar-refractivity contribution in [2.45, 2.75) is 6.54 Å². The first kappa shape index (κ1) is 18.0. The van der Waals surface area contributed by atoms with Crippen LogP contribution >= 0.6 is 0 Å². The molecule has 1 aromatic carbocycles. The number of amides is 1. The fraction of sp³-hybridized carbons (Fsp3) is 0.286. The number of carbonyl (C=O) groups excluding carboxylic acids is 1. The second-order valence-electron chi connectivity index (χ2n) is 6.83. The molecule has 0 saturated carbocycles. The number of benzene rings is 1. The number of piperazine rings is 1. The van der Waals surface area contributed by atoms with E-state index in [1.54, 1.807) is 18.5 Å². The largest absolute Gasteiger partial charge is 0.459 e. The van der Waals surface area contributed by atoms with Crippen molar-refractivity contribution in [3.8, 4) is 0 Å². The van der Waals surface area contributed by atoms with E-state index in [4.69, 9.17) is 4.42 Å². The molecule has 144 valence electrons. The fourth-order valence-corrected chi connectivity index (χ4v) is 3.35. The number of carbonyl (C=O) groups is 1. The molecule has 0 radical (unpaired) electrons. The smallest absolute Gasteiger partial charge is 0.289 e. The highest BCUT2D eigenvalue weighted by molar-refractivity contribution is 5.91. The van der Waals surface area contributed by atoms with Crippen LogP contribution in [-0.4, -0.2) is 54.0 Å². The zero-order valence-electron chi connectivity index (χ0n) is 15.9. The van der Waals surface area contributed by atoms with Crippen molar-refractivity contribution >= 4 is 17.5 Å². The standard InChI is InChI=1S/C21H23N5O2/c1-24(15-17-6-3-2-4-7-17)19-14-20(23-16-22-19)25-9-11-26(12-10-25)21(27)18-8-5-13-28-18/h2-8,13-14,16H,9-12,15H2,1H3. The Labute approximate surface area is 164 Å². The van der Waals surface area contributed by atoms with Crippen molar-refractivity contribution in [3.63, 3.8) is 0 Å². The Balaban J connectivity index is 1.39. The van der Waals surface area contributed by atoms with Gasteiger partial charge in [0.1, 0.15) is 18.0 Å². The minimum Gasteiger partial charge on any atom is -0.459 e. The topological polar surface area (TPSA) is 65.7 Å². The quantitative estimate of drug-likeness (QED) is 0.681. The fourth-order valence-electron chi connectivity index (χ4n) is 3.35. The zero-order chi connectivity index (χ0) is 19.3. The highest BCUT2D eigenvalue weighted by Gasteiger charge is 2.24. The highest BCUT2D eigenvalue weighted by Crippen LogP contribution is 2.20.